The Hall–Kier alpha value is -0.190. The number of rotatable bonds is 14. The normalized spacial score (nSPS) is 12.2. The molecule has 0 amide bonds. The van der Waals surface area contributed by atoms with Crippen molar-refractivity contribution in [1.82, 2.24) is 0 Å². The van der Waals surface area contributed by atoms with E-state index in [2.05, 4.69) is 11.7 Å². The summed E-state index contributed by atoms with van der Waals surface area (Å²) >= 11 is 0. The van der Waals surface area contributed by atoms with E-state index in [0.29, 0.717) is 6.61 Å². The van der Waals surface area contributed by atoms with Crippen molar-refractivity contribution in [2.24, 2.45) is 0 Å². The molecule has 0 aromatic carbocycles. The van der Waals surface area contributed by atoms with E-state index < -0.39 is 33.7 Å². The maximum atomic E-state index is 11.5. The Morgan fingerprint density at radius 3 is 2.12 bits per heavy atom. The van der Waals surface area contributed by atoms with E-state index >= 15 is 0 Å². The Morgan fingerprint density at radius 1 is 1.00 bits per heavy atom. The molecule has 2 N–H and O–H groups in total. The van der Waals surface area contributed by atoms with Crippen LogP contribution < -0.4 is 0 Å². The first-order valence-electron chi connectivity index (χ1n) is 7.71. The third-order valence-electron chi connectivity index (χ3n) is 3.10. The van der Waals surface area contributed by atoms with Gasteiger partial charge < -0.3 is 14.6 Å². The van der Waals surface area contributed by atoms with Gasteiger partial charge in [0.2, 0.25) is 0 Å². The van der Waals surface area contributed by atoms with Crippen LogP contribution >= 0.6 is 0 Å². The van der Waals surface area contributed by atoms with E-state index in [1.165, 1.54) is 19.3 Å². The van der Waals surface area contributed by atoms with Gasteiger partial charge in [-0.3, -0.25) is 14.1 Å². The monoisotopic (exact) mass is 378 g/mol. The molecule has 0 heterocycles. The summed E-state index contributed by atoms with van der Waals surface area (Å²) in [6.45, 7) is 2.56. The number of carbonyl (C=O) groups excluding carboxylic acids is 1. The van der Waals surface area contributed by atoms with Gasteiger partial charge in [-0.2, -0.15) is 8.42 Å². The van der Waals surface area contributed by atoms with Crippen LogP contribution in [0.15, 0.2) is 0 Å². The maximum absolute atomic E-state index is 11.5. The molecule has 0 radical (unpaired) electrons. The van der Waals surface area contributed by atoms with E-state index in [9.17, 15) is 18.0 Å². The molecule has 1 atom stereocenters. The van der Waals surface area contributed by atoms with Crippen LogP contribution in [0.2, 0.25) is 0 Å². The van der Waals surface area contributed by atoms with Crippen LogP contribution in [0.4, 0.5) is 0 Å². The summed E-state index contributed by atoms with van der Waals surface area (Å²) < 4.78 is 40.6. The second-order valence-electron chi connectivity index (χ2n) is 5.15. The Balaban J connectivity index is 0. The SMILES string of the molecule is CCCCCCCCOCCOC(=O)C(CC(=O)O)S(=O)(=O)O.[NaH]. The summed E-state index contributed by atoms with van der Waals surface area (Å²) in [5, 5.41) is 6.42. The molecule has 24 heavy (non-hydrogen) atoms. The molecule has 0 spiro atoms. The van der Waals surface area contributed by atoms with Crippen molar-refractivity contribution < 1.29 is 37.1 Å². The zero-order valence-corrected chi connectivity index (χ0v) is 14.2. The molecule has 0 aliphatic rings. The van der Waals surface area contributed by atoms with Crippen molar-refractivity contribution >= 4 is 51.6 Å². The van der Waals surface area contributed by atoms with Crippen molar-refractivity contribution in [3.8, 4) is 0 Å². The zero-order chi connectivity index (χ0) is 17.7. The summed E-state index contributed by atoms with van der Waals surface area (Å²) in [4.78, 5) is 22.0. The first kappa shape index (κ1) is 26.0. The van der Waals surface area contributed by atoms with Gasteiger partial charge >= 0.3 is 41.5 Å². The number of ether oxygens (including phenoxy) is 2. The average molecular weight is 378 g/mol. The third-order valence-corrected chi connectivity index (χ3v) is 4.17. The van der Waals surface area contributed by atoms with Crippen LogP contribution in [0.3, 0.4) is 0 Å². The quantitative estimate of drug-likeness (QED) is 0.198. The van der Waals surface area contributed by atoms with Crippen molar-refractivity contribution in [3.63, 3.8) is 0 Å². The number of hydrogen-bond acceptors (Lipinski definition) is 6. The standard InChI is InChI=1S/C14H26O8S.Na.H/c1-2-3-4-5-6-7-8-21-9-10-22-14(17)12(11-13(15)16)23(18,19)20;;/h12H,2-11H2,1H3,(H,15,16)(H,18,19,20);;. The Labute approximate surface area is 165 Å². The Morgan fingerprint density at radius 2 is 1.58 bits per heavy atom. The number of unbranched alkanes of at least 4 members (excludes halogenated alkanes) is 5. The number of aliphatic carboxylic acids is 1. The van der Waals surface area contributed by atoms with Gasteiger partial charge in [0.25, 0.3) is 10.1 Å². The second kappa shape index (κ2) is 15.1. The van der Waals surface area contributed by atoms with Crippen molar-refractivity contribution in [2.75, 3.05) is 19.8 Å². The second-order valence-corrected chi connectivity index (χ2v) is 6.75. The molecule has 0 rings (SSSR count). The minimum absolute atomic E-state index is 0. The van der Waals surface area contributed by atoms with Crippen LogP contribution in [0.1, 0.15) is 51.9 Å². The van der Waals surface area contributed by atoms with Crippen LogP contribution in [-0.4, -0.2) is 84.6 Å². The molecule has 0 aliphatic heterocycles. The van der Waals surface area contributed by atoms with Crippen LogP contribution in [0.25, 0.3) is 0 Å². The van der Waals surface area contributed by atoms with Crippen LogP contribution in [0, 0.1) is 0 Å². The van der Waals surface area contributed by atoms with Gasteiger partial charge in [0, 0.05) is 6.61 Å². The van der Waals surface area contributed by atoms with Gasteiger partial charge in [0.15, 0.2) is 5.25 Å². The molecule has 0 saturated carbocycles. The van der Waals surface area contributed by atoms with Crippen LogP contribution in [0.5, 0.6) is 0 Å². The summed E-state index contributed by atoms with van der Waals surface area (Å²) in [7, 11) is -4.82. The molecule has 0 aliphatic carbocycles. The fourth-order valence-electron chi connectivity index (χ4n) is 1.85. The van der Waals surface area contributed by atoms with Crippen LogP contribution in [-0.2, 0) is 29.2 Å². The molecule has 0 aromatic heterocycles. The first-order chi connectivity index (χ1) is 10.8. The first-order valence-corrected chi connectivity index (χ1v) is 9.21. The van der Waals surface area contributed by atoms with E-state index in [1.54, 1.807) is 0 Å². The predicted molar refractivity (Wildman–Crippen MR) is 89.9 cm³/mol. The topological polar surface area (TPSA) is 127 Å². The van der Waals surface area contributed by atoms with Gasteiger partial charge in [0.05, 0.1) is 13.0 Å². The van der Waals surface area contributed by atoms with Gasteiger partial charge in [-0.1, -0.05) is 39.0 Å². The molecular weight excluding hydrogens is 351 g/mol. The van der Waals surface area contributed by atoms with E-state index in [-0.39, 0.29) is 42.8 Å². The molecule has 0 saturated heterocycles. The molecule has 8 nitrogen and oxygen atoms in total. The molecule has 0 bridgehead atoms. The number of hydrogen-bond donors (Lipinski definition) is 2. The molecular formula is C14H27NaO8S. The van der Waals surface area contributed by atoms with Crippen molar-refractivity contribution in [1.29, 1.82) is 0 Å². The van der Waals surface area contributed by atoms with Gasteiger partial charge in [-0.25, -0.2) is 0 Å². The zero-order valence-electron chi connectivity index (χ0n) is 13.4. The van der Waals surface area contributed by atoms with E-state index in [0.717, 1.165) is 19.3 Å². The minimum atomic E-state index is -4.82. The van der Waals surface area contributed by atoms with Gasteiger partial charge in [-0.05, 0) is 6.42 Å². The molecule has 0 aromatic rings. The summed E-state index contributed by atoms with van der Waals surface area (Å²) in [5.41, 5.74) is 0. The predicted octanol–water partition coefficient (Wildman–Crippen LogP) is 0.989. The number of carboxylic acids is 1. The summed E-state index contributed by atoms with van der Waals surface area (Å²) in [6, 6.07) is 0. The third kappa shape index (κ3) is 14.2. The fourth-order valence-corrected chi connectivity index (χ4v) is 2.51. The Bertz CT molecular complexity index is 452. The molecule has 10 heteroatoms. The van der Waals surface area contributed by atoms with Crippen molar-refractivity contribution in [3.05, 3.63) is 0 Å². The fraction of sp³-hybridized carbons (Fsp3) is 0.857. The number of carboxylic acid groups (broad SMARTS) is 1. The number of esters is 1. The van der Waals surface area contributed by atoms with Crippen molar-refractivity contribution in [2.45, 2.75) is 57.1 Å². The molecule has 0 fully saturated rings. The van der Waals surface area contributed by atoms with E-state index in [1.807, 2.05) is 0 Å². The number of carbonyl (C=O) groups is 2. The van der Waals surface area contributed by atoms with Gasteiger partial charge in [-0.15, -0.1) is 0 Å². The average Bonchev–Trinajstić information content (AvgIpc) is 2.45. The molecule has 138 valence electrons. The summed E-state index contributed by atoms with van der Waals surface area (Å²) in [6.07, 6.45) is 5.67. The van der Waals surface area contributed by atoms with Gasteiger partial charge in [0.1, 0.15) is 6.61 Å². The molecule has 1 unspecified atom stereocenters. The summed E-state index contributed by atoms with van der Waals surface area (Å²) in [5.74, 6) is -2.82. The van der Waals surface area contributed by atoms with E-state index in [4.69, 9.17) is 14.4 Å². The Kier molecular flexibility index (Phi) is 16.4.